The lowest BCUT2D eigenvalue weighted by Gasteiger charge is -2.16. The first kappa shape index (κ1) is 24.8. The SMILES string of the molecule is COc1ccc(C=NN=C2SC(CC(=O)Nc3ccccc3)C(=O)N2c2ccc(O)cc2)cc1OC. The third kappa shape index (κ3) is 5.84. The lowest BCUT2D eigenvalue weighted by atomic mass is 10.2. The molecule has 0 aromatic heterocycles. The average molecular weight is 505 g/mol. The van der Waals surface area contributed by atoms with E-state index in [9.17, 15) is 14.7 Å². The van der Waals surface area contributed by atoms with Crippen molar-refractivity contribution >= 4 is 46.3 Å². The van der Waals surface area contributed by atoms with E-state index in [1.54, 1.807) is 56.7 Å². The molecule has 1 aliphatic rings. The summed E-state index contributed by atoms with van der Waals surface area (Å²) in [6.45, 7) is 0. The summed E-state index contributed by atoms with van der Waals surface area (Å²) in [6, 6.07) is 20.5. The fraction of sp³-hybridized carbons (Fsp3) is 0.154. The van der Waals surface area contributed by atoms with Crippen LogP contribution in [0.4, 0.5) is 11.4 Å². The Balaban J connectivity index is 1.56. The Kier molecular flexibility index (Phi) is 7.86. The van der Waals surface area contributed by atoms with E-state index in [4.69, 9.17) is 9.47 Å². The molecule has 0 saturated carbocycles. The lowest BCUT2D eigenvalue weighted by molar-refractivity contribution is -0.121. The minimum absolute atomic E-state index is 0.0363. The van der Waals surface area contributed by atoms with Gasteiger partial charge in [-0.3, -0.25) is 14.5 Å². The number of para-hydroxylation sites is 1. The van der Waals surface area contributed by atoms with Crippen LogP contribution >= 0.6 is 11.8 Å². The third-order valence-electron chi connectivity index (χ3n) is 5.23. The molecule has 0 radical (unpaired) electrons. The van der Waals surface area contributed by atoms with Crippen molar-refractivity contribution in [1.29, 1.82) is 0 Å². The number of thioether (sulfide) groups is 1. The molecule has 1 atom stereocenters. The zero-order valence-electron chi connectivity index (χ0n) is 19.6. The van der Waals surface area contributed by atoms with Crippen LogP contribution in [0.5, 0.6) is 17.2 Å². The van der Waals surface area contributed by atoms with Crippen LogP contribution in [0.25, 0.3) is 0 Å². The zero-order valence-corrected chi connectivity index (χ0v) is 20.4. The first-order valence-electron chi connectivity index (χ1n) is 11.0. The Labute approximate surface area is 212 Å². The maximum absolute atomic E-state index is 13.3. The summed E-state index contributed by atoms with van der Waals surface area (Å²) in [6.07, 6.45) is 1.50. The van der Waals surface area contributed by atoms with E-state index in [1.807, 2.05) is 18.2 Å². The molecule has 3 aromatic carbocycles. The Morgan fingerprint density at radius 2 is 1.78 bits per heavy atom. The molecule has 1 unspecified atom stereocenters. The summed E-state index contributed by atoms with van der Waals surface area (Å²) in [5, 5.41) is 20.5. The molecule has 1 saturated heterocycles. The van der Waals surface area contributed by atoms with Crippen LogP contribution < -0.4 is 19.7 Å². The topological polar surface area (TPSA) is 113 Å². The average Bonchev–Trinajstić information content (AvgIpc) is 3.19. The van der Waals surface area contributed by atoms with Crippen molar-refractivity contribution in [2.45, 2.75) is 11.7 Å². The van der Waals surface area contributed by atoms with Crippen molar-refractivity contribution in [2.24, 2.45) is 10.2 Å². The molecular formula is C26H24N4O5S. The van der Waals surface area contributed by atoms with Gasteiger partial charge in [0.05, 0.1) is 26.1 Å². The number of carbonyl (C=O) groups excluding carboxylic acids is 2. The number of rotatable bonds is 8. The largest absolute Gasteiger partial charge is 0.508 e. The van der Waals surface area contributed by atoms with Gasteiger partial charge in [0.2, 0.25) is 11.8 Å². The summed E-state index contributed by atoms with van der Waals surface area (Å²) >= 11 is 1.16. The van der Waals surface area contributed by atoms with Gasteiger partial charge in [0.25, 0.3) is 0 Å². The van der Waals surface area contributed by atoms with E-state index >= 15 is 0 Å². The van der Waals surface area contributed by atoms with Crippen LogP contribution in [-0.2, 0) is 9.59 Å². The van der Waals surface area contributed by atoms with Gasteiger partial charge in [-0.05, 0) is 60.2 Å². The zero-order chi connectivity index (χ0) is 25.5. The van der Waals surface area contributed by atoms with Gasteiger partial charge in [0.15, 0.2) is 16.7 Å². The molecule has 3 aromatic rings. The fourth-order valence-corrected chi connectivity index (χ4v) is 4.58. The van der Waals surface area contributed by atoms with Crippen molar-refractivity contribution in [3.8, 4) is 17.2 Å². The highest BCUT2D eigenvalue weighted by molar-refractivity contribution is 8.16. The van der Waals surface area contributed by atoms with Gasteiger partial charge in [-0.25, -0.2) is 0 Å². The molecule has 184 valence electrons. The second-order valence-corrected chi connectivity index (χ2v) is 8.83. The van der Waals surface area contributed by atoms with Crippen LogP contribution in [0.2, 0.25) is 0 Å². The summed E-state index contributed by atoms with van der Waals surface area (Å²) in [4.78, 5) is 27.3. The first-order valence-corrected chi connectivity index (χ1v) is 11.8. The first-order chi connectivity index (χ1) is 17.5. The van der Waals surface area contributed by atoms with Crippen molar-refractivity contribution in [3.63, 3.8) is 0 Å². The number of aromatic hydroxyl groups is 1. The number of amides is 2. The molecule has 4 rings (SSSR count). The monoisotopic (exact) mass is 504 g/mol. The summed E-state index contributed by atoms with van der Waals surface area (Å²) in [5.41, 5.74) is 1.89. The number of phenolic OH excluding ortho intramolecular Hbond substituents is 1. The minimum atomic E-state index is -0.683. The van der Waals surface area contributed by atoms with Gasteiger partial charge in [-0.2, -0.15) is 5.10 Å². The van der Waals surface area contributed by atoms with E-state index in [0.29, 0.717) is 28.0 Å². The number of benzene rings is 3. The lowest BCUT2D eigenvalue weighted by Crippen LogP contribution is -2.33. The normalized spacial score (nSPS) is 16.5. The van der Waals surface area contributed by atoms with Crippen molar-refractivity contribution < 1.29 is 24.2 Å². The van der Waals surface area contributed by atoms with Gasteiger partial charge < -0.3 is 19.9 Å². The molecule has 1 fully saturated rings. The van der Waals surface area contributed by atoms with E-state index in [0.717, 1.165) is 17.3 Å². The predicted octanol–water partition coefficient (Wildman–Crippen LogP) is 4.28. The number of ether oxygens (including phenoxy) is 2. The molecule has 10 heteroatoms. The molecule has 1 heterocycles. The number of nitrogens with zero attached hydrogens (tertiary/aromatic N) is 3. The van der Waals surface area contributed by atoms with E-state index in [2.05, 4.69) is 15.5 Å². The molecule has 0 spiro atoms. The molecule has 0 aliphatic carbocycles. The van der Waals surface area contributed by atoms with E-state index in [1.165, 1.54) is 23.2 Å². The fourth-order valence-electron chi connectivity index (χ4n) is 3.49. The minimum Gasteiger partial charge on any atom is -0.508 e. The summed E-state index contributed by atoms with van der Waals surface area (Å²) < 4.78 is 10.6. The van der Waals surface area contributed by atoms with E-state index < -0.39 is 5.25 Å². The summed E-state index contributed by atoms with van der Waals surface area (Å²) in [5.74, 6) is 0.631. The number of nitrogens with one attached hydrogen (secondary N) is 1. The number of hydrogen-bond donors (Lipinski definition) is 2. The highest BCUT2D eigenvalue weighted by atomic mass is 32.2. The van der Waals surface area contributed by atoms with Crippen LogP contribution in [0.3, 0.4) is 0 Å². The van der Waals surface area contributed by atoms with Gasteiger partial charge in [0, 0.05) is 12.1 Å². The van der Waals surface area contributed by atoms with Crippen molar-refractivity contribution in [1.82, 2.24) is 0 Å². The molecule has 2 amide bonds. The Hall–Kier alpha value is -4.31. The number of anilines is 2. The Morgan fingerprint density at radius 3 is 2.47 bits per heavy atom. The number of phenols is 1. The molecule has 9 nitrogen and oxygen atoms in total. The Morgan fingerprint density at radius 1 is 1.06 bits per heavy atom. The molecule has 1 aliphatic heterocycles. The maximum Gasteiger partial charge on any atom is 0.247 e. The highest BCUT2D eigenvalue weighted by Gasteiger charge is 2.40. The van der Waals surface area contributed by atoms with Crippen molar-refractivity contribution in [3.05, 3.63) is 78.4 Å². The second-order valence-electron chi connectivity index (χ2n) is 7.66. The number of hydrogen-bond acceptors (Lipinski definition) is 8. The number of amidine groups is 1. The van der Waals surface area contributed by atoms with Crippen LogP contribution in [0.15, 0.2) is 83.0 Å². The number of methoxy groups -OCH3 is 2. The van der Waals surface area contributed by atoms with Crippen LogP contribution in [-0.4, -0.2) is 47.8 Å². The quantitative estimate of drug-likeness (QED) is 0.350. The molecule has 2 N–H and O–H groups in total. The van der Waals surface area contributed by atoms with Gasteiger partial charge in [-0.15, -0.1) is 5.10 Å². The van der Waals surface area contributed by atoms with Gasteiger partial charge in [-0.1, -0.05) is 30.0 Å². The van der Waals surface area contributed by atoms with Crippen LogP contribution in [0.1, 0.15) is 12.0 Å². The standard InChI is InChI=1S/C26H24N4O5S/c1-34-21-13-8-17(14-22(21)35-2)16-27-29-26-30(19-9-11-20(31)12-10-19)25(33)23(36-26)15-24(32)28-18-6-4-3-5-7-18/h3-14,16,23,31H,15H2,1-2H3,(H,28,32). The van der Waals surface area contributed by atoms with E-state index in [-0.39, 0.29) is 24.0 Å². The predicted molar refractivity (Wildman–Crippen MR) is 141 cm³/mol. The van der Waals surface area contributed by atoms with Gasteiger partial charge >= 0.3 is 0 Å². The number of carbonyl (C=O) groups is 2. The molecule has 36 heavy (non-hydrogen) atoms. The third-order valence-corrected chi connectivity index (χ3v) is 6.36. The second kappa shape index (κ2) is 11.4. The van der Waals surface area contributed by atoms with Crippen molar-refractivity contribution in [2.75, 3.05) is 24.4 Å². The maximum atomic E-state index is 13.3. The smallest absolute Gasteiger partial charge is 0.247 e. The summed E-state index contributed by atoms with van der Waals surface area (Å²) in [7, 11) is 3.10. The molecule has 0 bridgehead atoms. The molecular weight excluding hydrogens is 480 g/mol. The Bertz CT molecular complexity index is 1300. The highest BCUT2D eigenvalue weighted by Crippen LogP contribution is 2.34. The van der Waals surface area contributed by atoms with Crippen LogP contribution in [0, 0.1) is 0 Å². The van der Waals surface area contributed by atoms with Gasteiger partial charge in [0.1, 0.15) is 11.0 Å².